The first kappa shape index (κ1) is 23.6. The highest BCUT2D eigenvalue weighted by atomic mass is 35.5. The first-order valence-electron chi connectivity index (χ1n) is 9.56. The smallest absolute Gasteiger partial charge is 0.365 e. The number of nitrogens with one attached hydrogen (secondary N) is 1. The maximum Gasteiger partial charge on any atom is 0.433 e. The highest BCUT2D eigenvalue weighted by Gasteiger charge is 2.35. The Morgan fingerprint density at radius 2 is 1.91 bits per heavy atom. The van der Waals surface area contributed by atoms with E-state index in [2.05, 4.69) is 15.4 Å². The van der Waals surface area contributed by atoms with Gasteiger partial charge in [-0.05, 0) is 36.2 Å². The molecule has 0 aliphatic rings. The minimum Gasteiger partial charge on any atom is -0.365 e. The van der Waals surface area contributed by atoms with E-state index in [0.717, 1.165) is 18.2 Å². The van der Waals surface area contributed by atoms with Crippen molar-refractivity contribution in [2.45, 2.75) is 19.1 Å². The van der Waals surface area contributed by atoms with Crippen LogP contribution in [-0.2, 0) is 11.0 Å². The molecule has 0 fully saturated rings. The molecule has 0 spiro atoms. The van der Waals surface area contributed by atoms with Gasteiger partial charge in [0.05, 0.1) is 16.9 Å². The maximum absolute atomic E-state index is 13.5. The number of primary amides is 1. The number of fused-ring (bicyclic) bond motifs is 1. The summed E-state index contributed by atoms with van der Waals surface area (Å²) in [5, 5.41) is 6.89. The molecule has 1 atom stereocenters. The second-order valence-corrected chi connectivity index (χ2v) is 8.65. The van der Waals surface area contributed by atoms with Crippen molar-refractivity contribution >= 4 is 50.7 Å². The van der Waals surface area contributed by atoms with Gasteiger partial charge in [-0.1, -0.05) is 23.7 Å². The zero-order valence-electron chi connectivity index (χ0n) is 17.2. The molecule has 4 rings (SSSR count). The number of aromatic nitrogens is 3. The molecule has 1 aromatic carbocycles. The summed E-state index contributed by atoms with van der Waals surface area (Å²) in [7, 11) is 0. The summed E-state index contributed by atoms with van der Waals surface area (Å²) in [5.74, 6) is -2.19. The Labute approximate surface area is 198 Å². The third-order valence-electron chi connectivity index (χ3n) is 4.93. The van der Waals surface area contributed by atoms with E-state index in [0.29, 0.717) is 16.4 Å². The van der Waals surface area contributed by atoms with Gasteiger partial charge in [-0.3, -0.25) is 14.3 Å². The molecular formula is C21H14ClF4N5O2S. The zero-order chi connectivity index (χ0) is 24.8. The molecule has 3 aromatic heterocycles. The van der Waals surface area contributed by atoms with Gasteiger partial charge in [0, 0.05) is 11.6 Å². The summed E-state index contributed by atoms with van der Waals surface area (Å²) in [6.07, 6.45) is -2.06. The van der Waals surface area contributed by atoms with Crippen LogP contribution in [0.4, 0.5) is 23.2 Å². The third-order valence-corrected chi connectivity index (χ3v) is 6.22. The molecule has 0 bridgehead atoms. The zero-order valence-corrected chi connectivity index (χ0v) is 18.7. The van der Waals surface area contributed by atoms with Gasteiger partial charge < -0.3 is 11.1 Å². The van der Waals surface area contributed by atoms with E-state index in [9.17, 15) is 27.2 Å². The number of anilines is 1. The summed E-state index contributed by atoms with van der Waals surface area (Å²) in [5.41, 5.74) is 4.36. The fourth-order valence-electron chi connectivity index (χ4n) is 3.27. The van der Waals surface area contributed by atoms with E-state index < -0.39 is 35.5 Å². The van der Waals surface area contributed by atoms with Crippen LogP contribution in [0.1, 0.15) is 28.3 Å². The van der Waals surface area contributed by atoms with Crippen LogP contribution >= 0.6 is 22.9 Å². The Morgan fingerprint density at radius 1 is 1.24 bits per heavy atom. The number of carbonyl (C=O) groups excluding carboxylic acids is 2. The molecule has 3 heterocycles. The van der Waals surface area contributed by atoms with E-state index in [1.807, 2.05) is 0 Å². The number of hydrogen-bond acceptors (Lipinski definition) is 5. The topological polar surface area (TPSA) is 103 Å². The summed E-state index contributed by atoms with van der Waals surface area (Å²) >= 11 is 6.46. The number of thiophene rings is 1. The first-order chi connectivity index (χ1) is 16.0. The fraction of sp³-hybridized carbons (Fsp3) is 0.143. The lowest BCUT2D eigenvalue weighted by Gasteiger charge is -2.15. The predicted octanol–water partition coefficient (Wildman–Crippen LogP) is 5.27. The van der Waals surface area contributed by atoms with E-state index in [1.165, 1.54) is 36.1 Å². The molecule has 2 amide bonds. The first-order valence-corrected chi connectivity index (χ1v) is 10.8. The third kappa shape index (κ3) is 4.46. The van der Waals surface area contributed by atoms with Gasteiger partial charge >= 0.3 is 6.18 Å². The molecule has 4 aromatic rings. The summed E-state index contributed by atoms with van der Waals surface area (Å²) < 4.78 is 55.4. The lowest BCUT2D eigenvalue weighted by atomic mass is 10.0. The van der Waals surface area contributed by atoms with E-state index in [1.54, 1.807) is 0 Å². The van der Waals surface area contributed by atoms with Crippen LogP contribution in [0.3, 0.4) is 0 Å². The Kier molecular flexibility index (Phi) is 6.04. The molecule has 34 heavy (non-hydrogen) atoms. The largest absolute Gasteiger partial charge is 0.433 e. The van der Waals surface area contributed by atoms with Crippen molar-refractivity contribution in [2.24, 2.45) is 5.73 Å². The van der Waals surface area contributed by atoms with Crippen LogP contribution in [0.2, 0.25) is 5.02 Å². The number of hydrogen-bond donors (Lipinski definition) is 2. The van der Waals surface area contributed by atoms with Crippen molar-refractivity contribution < 1.29 is 27.2 Å². The van der Waals surface area contributed by atoms with Crippen LogP contribution in [0.25, 0.3) is 21.3 Å². The monoisotopic (exact) mass is 511 g/mol. The highest BCUT2D eigenvalue weighted by molar-refractivity contribution is 7.21. The molecule has 176 valence electrons. The van der Waals surface area contributed by atoms with Gasteiger partial charge in [0.25, 0.3) is 5.91 Å². The lowest BCUT2D eigenvalue weighted by Crippen LogP contribution is -2.25. The van der Waals surface area contributed by atoms with Crippen molar-refractivity contribution in [3.05, 3.63) is 64.1 Å². The SMILES string of the molecule is CC(C(=O)Nc1c(C(N)=O)sc2nc(C(F)(F)F)cc(-c3ccc(F)cc3)c12)n1cc(Cl)cn1. The van der Waals surface area contributed by atoms with Gasteiger partial charge in [0.15, 0.2) is 0 Å². The number of pyridine rings is 1. The lowest BCUT2D eigenvalue weighted by molar-refractivity contribution is -0.140. The Balaban J connectivity index is 1.93. The number of carbonyl (C=O) groups is 2. The fourth-order valence-corrected chi connectivity index (χ4v) is 4.42. The second kappa shape index (κ2) is 8.69. The number of nitrogens with two attached hydrogens (primary N) is 1. The van der Waals surface area contributed by atoms with Crippen LogP contribution in [-0.4, -0.2) is 26.6 Å². The number of rotatable bonds is 5. The molecule has 0 aliphatic carbocycles. The van der Waals surface area contributed by atoms with Gasteiger partial charge in [0.2, 0.25) is 5.91 Å². The van der Waals surface area contributed by atoms with Crippen molar-refractivity contribution in [3.63, 3.8) is 0 Å². The number of amides is 2. The molecule has 0 radical (unpaired) electrons. The minimum atomic E-state index is -4.79. The summed E-state index contributed by atoms with van der Waals surface area (Å²) in [6.45, 7) is 1.51. The van der Waals surface area contributed by atoms with Gasteiger partial charge in [-0.2, -0.15) is 18.3 Å². The van der Waals surface area contributed by atoms with E-state index >= 15 is 0 Å². The number of halogens is 5. The van der Waals surface area contributed by atoms with Crippen molar-refractivity contribution in [1.82, 2.24) is 14.8 Å². The molecule has 0 saturated carbocycles. The number of alkyl halides is 3. The van der Waals surface area contributed by atoms with Crippen molar-refractivity contribution in [3.8, 4) is 11.1 Å². The van der Waals surface area contributed by atoms with E-state index in [-0.39, 0.29) is 31.9 Å². The molecule has 0 aliphatic heterocycles. The Hall–Kier alpha value is -3.51. The number of benzene rings is 1. The average Bonchev–Trinajstić information content (AvgIpc) is 3.36. The van der Waals surface area contributed by atoms with Crippen LogP contribution < -0.4 is 11.1 Å². The van der Waals surface area contributed by atoms with Gasteiger partial charge in [-0.15, -0.1) is 11.3 Å². The highest BCUT2D eigenvalue weighted by Crippen LogP contribution is 2.43. The quantitative estimate of drug-likeness (QED) is 0.356. The normalized spacial score (nSPS) is 12.6. The molecule has 0 saturated heterocycles. The van der Waals surface area contributed by atoms with E-state index in [4.69, 9.17) is 17.3 Å². The van der Waals surface area contributed by atoms with Crippen LogP contribution in [0.5, 0.6) is 0 Å². The molecule has 13 heteroatoms. The maximum atomic E-state index is 13.5. The van der Waals surface area contributed by atoms with Gasteiger partial charge in [0.1, 0.15) is 27.3 Å². The predicted molar refractivity (Wildman–Crippen MR) is 119 cm³/mol. The van der Waals surface area contributed by atoms with Crippen molar-refractivity contribution in [2.75, 3.05) is 5.32 Å². The Morgan fingerprint density at radius 3 is 2.47 bits per heavy atom. The summed E-state index contributed by atoms with van der Waals surface area (Å²) in [4.78, 5) is 28.4. The molecule has 1 unspecified atom stereocenters. The Bertz CT molecular complexity index is 1420. The van der Waals surface area contributed by atoms with Crippen LogP contribution in [0.15, 0.2) is 42.7 Å². The van der Waals surface area contributed by atoms with Crippen LogP contribution in [0, 0.1) is 5.82 Å². The molecule has 7 nitrogen and oxygen atoms in total. The summed E-state index contributed by atoms with van der Waals surface area (Å²) in [6, 6.07) is 4.62. The standard InChI is InChI=1S/C21H14ClF4N5O2S/c1-9(31-8-11(22)7-28-31)19(33)30-16-15-13(10-2-4-12(23)5-3-10)6-14(21(24,25)26)29-20(15)34-17(16)18(27)32/h2-9H,1H3,(H2,27,32)(H,30,33). The molecule has 3 N–H and O–H groups in total. The minimum absolute atomic E-state index is 0.00818. The van der Waals surface area contributed by atoms with Gasteiger partial charge in [-0.25, -0.2) is 9.37 Å². The molecular weight excluding hydrogens is 498 g/mol. The second-order valence-electron chi connectivity index (χ2n) is 7.21. The number of nitrogens with zero attached hydrogens (tertiary/aromatic N) is 3. The van der Waals surface area contributed by atoms with Crippen molar-refractivity contribution in [1.29, 1.82) is 0 Å². The average molecular weight is 512 g/mol.